The number of carbonyl (C=O) groups is 1. The van der Waals surface area contributed by atoms with Gasteiger partial charge in [-0.1, -0.05) is 42.3 Å². The molecule has 0 N–H and O–H groups in total. The Morgan fingerprint density at radius 1 is 1.25 bits per heavy atom. The summed E-state index contributed by atoms with van der Waals surface area (Å²) < 4.78 is 0. The fraction of sp³-hybridized carbons (Fsp3) is 0.222. The summed E-state index contributed by atoms with van der Waals surface area (Å²) in [6.45, 7) is 1.81. The number of benzene rings is 1. The quantitative estimate of drug-likeness (QED) is 0.640. The van der Waals surface area contributed by atoms with Crippen LogP contribution in [0, 0.1) is 0 Å². The van der Waals surface area contributed by atoms with Gasteiger partial charge in [-0.05, 0) is 12.1 Å². The van der Waals surface area contributed by atoms with E-state index in [1.165, 1.54) is 0 Å². The minimum atomic E-state index is 0.606. The third-order valence-electron chi connectivity index (χ3n) is 0.991. The lowest BCUT2D eigenvalue weighted by Gasteiger charge is -1.88. The number of hydrogen-bond acceptors (Lipinski definition) is 1. The normalized spacial score (nSPS) is 8.25. The first-order chi connectivity index (χ1) is 5.72. The molecule has 0 aliphatic heterocycles. The molecular weight excluding hydrogens is 195 g/mol. The Kier molecular flexibility index (Phi) is 6.82. The first-order valence-electron chi connectivity index (χ1n) is 3.56. The smallest absolute Gasteiger partial charge is 0.119 e. The standard InChI is InChI=1S/C6H4Cl2.C3H6O/c7-5-3-1-2-4-6(5)8;1-2-3-4/h1-4H;3H,2H2,1H3. The van der Waals surface area contributed by atoms with Gasteiger partial charge >= 0.3 is 0 Å². The third-order valence-corrected chi connectivity index (χ3v) is 1.75. The van der Waals surface area contributed by atoms with Crippen molar-refractivity contribution in [2.24, 2.45) is 0 Å². The van der Waals surface area contributed by atoms with Gasteiger partial charge in [-0.2, -0.15) is 0 Å². The summed E-state index contributed by atoms with van der Waals surface area (Å²) in [6, 6.07) is 7.19. The number of halogens is 2. The average Bonchev–Trinajstić information content (AvgIpc) is 2.11. The number of hydrogen-bond donors (Lipinski definition) is 0. The average molecular weight is 205 g/mol. The first kappa shape index (κ1) is 11.5. The summed E-state index contributed by atoms with van der Waals surface area (Å²) in [4.78, 5) is 9.17. The monoisotopic (exact) mass is 204 g/mol. The largest absolute Gasteiger partial charge is 0.303 e. The molecule has 0 heterocycles. The molecule has 1 aromatic carbocycles. The molecule has 0 fully saturated rings. The maximum absolute atomic E-state index is 9.17. The van der Waals surface area contributed by atoms with Gasteiger partial charge in [0.25, 0.3) is 0 Å². The van der Waals surface area contributed by atoms with Crippen molar-refractivity contribution in [1.29, 1.82) is 0 Å². The molecule has 0 amide bonds. The van der Waals surface area contributed by atoms with Crippen LogP contribution in [0.5, 0.6) is 0 Å². The number of carbonyl (C=O) groups excluding carboxylic acids is 1. The van der Waals surface area contributed by atoms with Gasteiger partial charge in [0.2, 0.25) is 0 Å². The van der Waals surface area contributed by atoms with E-state index in [9.17, 15) is 4.79 Å². The summed E-state index contributed by atoms with van der Waals surface area (Å²) in [5.41, 5.74) is 0. The Balaban J connectivity index is 0.000000261. The highest BCUT2D eigenvalue weighted by molar-refractivity contribution is 6.41. The second-order valence-electron chi connectivity index (χ2n) is 1.99. The van der Waals surface area contributed by atoms with Gasteiger partial charge in [0.15, 0.2) is 0 Å². The van der Waals surface area contributed by atoms with Gasteiger partial charge < -0.3 is 4.79 Å². The number of rotatable bonds is 1. The third kappa shape index (κ3) is 5.16. The molecule has 12 heavy (non-hydrogen) atoms. The topological polar surface area (TPSA) is 17.1 Å². The second-order valence-corrected chi connectivity index (χ2v) is 2.80. The number of aldehydes is 1. The van der Waals surface area contributed by atoms with Gasteiger partial charge in [-0.25, -0.2) is 0 Å². The van der Waals surface area contributed by atoms with E-state index in [-0.39, 0.29) is 0 Å². The Hall–Kier alpha value is -0.530. The van der Waals surface area contributed by atoms with Crippen LogP contribution < -0.4 is 0 Å². The highest BCUT2D eigenvalue weighted by Gasteiger charge is 1.89. The van der Waals surface area contributed by atoms with Crippen LogP contribution in [0.15, 0.2) is 24.3 Å². The van der Waals surface area contributed by atoms with Crippen molar-refractivity contribution in [1.82, 2.24) is 0 Å². The summed E-state index contributed by atoms with van der Waals surface area (Å²) in [6.07, 6.45) is 1.51. The van der Waals surface area contributed by atoms with Crippen LogP contribution in [-0.2, 0) is 4.79 Å². The van der Waals surface area contributed by atoms with Crippen molar-refractivity contribution in [2.75, 3.05) is 0 Å². The van der Waals surface area contributed by atoms with Crippen LogP contribution in [0.4, 0.5) is 0 Å². The zero-order valence-electron chi connectivity index (χ0n) is 6.76. The molecule has 0 aliphatic carbocycles. The van der Waals surface area contributed by atoms with E-state index >= 15 is 0 Å². The van der Waals surface area contributed by atoms with E-state index in [4.69, 9.17) is 23.2 Å². The van der Waals surface area contributed by atoms with Crippen LogP contribution in [0.2, 0.25) is 10.0 Å². The van der Waals surface area contributed by atoms with Gasteiger partial charge in [0.1, 0.15) is 6.29 Å². The summed E-state index contributed by atoms with van der Waals surface area (Å²) >= 11 is 11.2. The molecule has 0 spiro atoms. The van der Waals surface area contributed by atoms with Crippen molar-refractivity contribution in [3.8, 4) is 0 Å². The minimum absolute atomic E-state index is 0.606. The molecule has 3 heteroatoms. The predicted octanol–water partition coefficient (Wildman–Crippen LogP) is 3.59. The molecule has 0 saturated carbocycles. The molecule has 66 valence electrons. The van der Waals surface area contributed by atoms with Gasteiger partial charge in [-0.3, -0.25) is 0 Å². The molecule has 1 nitrogen and oxygen atoms in total. The molecule has 0 unspecified atom stereocenters. The van der Waals surface area contributed by atoms with E-state index in [2.05, 4.69) is 0 Å². The van der Waals surface area contributed by atoms with E-state index in [0.29, 0.717) is 16.5 Å². The Bertz CT molecular complexity index is 215. The van der Waals surface area contributed by atoms with Crippen molar-refractivity contribution < 1.29 is 4.79 Å². The molecule has 0 atom stereocenters. The molecule has 1 aromatic rings. The maximum atomic E-state index is 9.17. The molecule has 1 rings (SSSR count). The highest BCUT2D eigenvalue weighted by Crippen LogP contribution is 2.19. The van der Waals surface area contributed by atoms with Gasteiger partial charge in [0, 0.05) is 6.42 Å². The van der Waals surface area contributed by atoms with Crippen LogP contribution in [0.3, 0.4) is 0 Å². The van der Waals surface area contributed by atoms with E-state index in [0.717, 1.165) is 6.29 Å². The highest BCUT2D eigenvalue weighted by atomic mass is 35.5. The SMILES string of the molecule is CCC=O.Clc1ccccc1Cl. The summed E-state index contributed by atoms with van der Waals surface area (Å²) in [5, 5.41) is 1.21. The lowest BCUT2D eigenvalue weighted by molar-refractivity contribution is -0.107. The fourth-order valence-electron chi connectivity index (χ4n) is 0.439. The fourth-order valence-corrected chi connectivity index (χ4v) is 0.711. The second kappa shape index (κ2) is 7.14. The minimum Gasteiger partial charge on any atom is -0.303 e. The molecule has 0 saturated heterocycles. The van der Waals surface area contributed by atoms with Crippen molar-refractivity contribution in [2.45, 2.75) is 13.3 Å². The van der Waals surface area contributed by atoms with E-state index < -0.39 is 0 Å². The van der Waals surface area contributed by atoms with Crippen LogP contribution in [0.1, 0.15) is 13.3 Å². The molecule has 0 radical (unpaired) electrons. The van der Waals surface area contributed by atoms with Crippen LogP contribution in [0.25, 0.3) is 0 Å². The first-order valence-corrected chi connectivity index (χ1v) is 4.31. The lowest BCUT2D eigenvalue weighted by atomic mass is 10.4. The molecule has 0 aromatic heterocycles. The summed E-state index contributed by atoms with van der Waals surface area (Å²) in [5.74, 6) is 0. The Morgan fingerprint density at radius 2 is 1.58 bits per heavy atom. The Labute approximate surface area is 82.3 Å². The van der Waals surface area contributed by atoms with Crippen molar-refractivity contribution >= 4 is 29.5 Å². The summed E-state index contributed by atoms with van der Waals surface area (Å²) in [7, 11) is 0. The zero-order chi connectivity index (χ0) is 9.40. The van der Waals surface area contributed by atoms with Crippen LogP contribution >= 0.6 is 23.2 Å². The van der Waals surface area contributed by atoms with Crippen molar-refractivity contribution in [3.05, 3.63) is 34.3 Å². The van der Waals surface area contributed by atoms with Gasteiger partial charge in [0.05, 0.1) is 10.0 Å². The maximum Gasteiger partial charge on any atom is 0.119 e. The molecule has 0 bridgehead atoms. The predicted molar refractivity (Wildman–Crippen MR) is 52.8 cm³/mol. The molecular formula is C9H10Cl2O. The van der Waals surface area contributed by atoms with Crippen LogP contribution in [-0.4, -0.2) is 6.29 Å². The van der Waals surface area contributed by atoms with E-state index in [1.54, 1.807) is 12.1 Å². The van der Waals surface area contributed by atoms with Gasteiger partial charge in [-0.15, -0.1) is 0 Å². The lowest BCUT2D eigenvalue weighted by Crippen LogP contribution is -1.62. The van der Waals surface area contributed by atoms with E-state index in [1.807, 2.05) is 19.1 Å². The Morgan fingerprint density at radius 3 is 1.75 bits per heavy atom. The van der Waals surface area contributed by atoms with Crippen molar-refractivity contribution in [3.63, 3.8) is 0 Å². The zero-order valence-corrected chi connectivity index (χ0v) is 8.27. The molecule has 0 aliphatic rings.